The summed E-state index contributed by atoms with van der Waals surface area (Å²) in [6, 6.07) is 0. The summed E-state index contributed by atoms with van der Waals surface area (Å²) in [5, 5.41) is 0. The monoisotopic (exact) mass is 174 g/mol. The summed E-state index contributed by atoms with van der Waals surface area (Å²) in [6.07, 6.45) is 5.28. The van der Waals surface area contributed by atoms with Gasteiger partial charge in [0.15, 0.2) is 0 Å². The van der Waals surface area contributed by atoms with Crippen LogP contribution in [0, 0.1) is 24.2 Å². The summed E-state index contributed by atoms with van der Waals surface area (Å²) >= 11 is 0. The van der Waals surface area contributed by atoms with E-state index in [0.717, 1.165) is 11.5 Å². The first-order valence-electron chi connectivity index (χ1n) is 3.22. The van der Waals surface area contributed by atoms with E-state index in [4.69, 9.17) is 6.42 Å². The van der Waals surface area contributed by atoms with Gasteiger partial charge in [-0.1, -0.05) is 6.92 Å². The van der Waals surface area contributed by atoms with Crippen molar-refractivity contribution < 1.29 is 4.55 Å². The molecule has 3 atom stereocenters. The van der Waals surface area contributed by atoms with Gasteiger partial charge in [-0.05, 0) is 0 Å². The average Bonchev–Trinajstić information content (AvgIpc) is 1.88. The second-order valence-corrected chi connectivity index (χ2v) is 5.84. The molecule has 1 aliphatic heterocycles. The van der Waals surface area contributed by atoms with Gasteiger partial charge in [0.1, 0.15) is 5.75 Å². The zero-order valence-corrected chi connectivity index (χ0v) is 7.50. The summed E-state index contributed by atoms with van der Waals surface area (Å²) in [5.74, 6) is 5.12. The van der Waals surface area contributed by atoms with Gasteiger partial charge in [0.05, 0.1) is 16.5 Å². The highest BCUT2D eigenvalue weighted by molar-refractivity contribution is 8.72. The van der Waals surface area contributed by atoms with Crippen LogP contribution in [0.2, 0.25) is 0 Å². The van der Waals surface area contributed by atoms with E-state index >= 15 is 0 Å². The van der Waals surface area contributed by atoms with E-state index in [-0.39, 0.29) is 0 Å². The van der Waals surface area contributed by atoms with Gasteiger partial charge in [-0.25, -0.2) is 0 Å². The van der Waals surface area contributed by atoms with Gasteiger partial charge in [0, 0.05) is 22.0 Å². The minimum absolute atomic E-state index is 0.336. The molecule has 0 aliphatic carbocycles. The summed E-state index contributed by atoms with van der Waals surface area (Å²) in [6.45, 7) is 2.07. The molecule has 0 spiro atoms. The molecule has 0 aromatic carbocycles. The predicted molar refractivity (Wildman–Crippen MR) is 47.0 cm³/mol. The molecular weight excluding hydrogens is 164 g/mol. The van der Waals surface area contributed by atoms with Crippen molar-refractivity contribution in [2.24, 2.45) is 11.8 Å². The number of hydrogen-bond acceptors (Lipinski definition) is 2. The largest absolute Gasteiger partial charge is 0.605 e. The maximum Gasteiger partial charge on any atom is 0.121 e. The second kappa shape index (κ2) is 3.56. The van der Waals surface area contributed by atoms with Gasteiger partial charge in [-0.2, -0.15) is 0 Å². The van der Waals surface area contributed by atoms with E-state index in [1.54, 1.807) is 0 Å². The Morgan fingerprint density at radius 2 is 2.50 bits per heavy atom. The van der Waals surface area contributed by atoms with Gasteiger partial charge in [-0.15, -0.1) is 12.3 Å². The van der Waals surface area contributed by atoms with Crippen LogP contribution in [-0.4, -0.2) is 16.1 Å². The highest BCUT2D eigenvalue weighted by Crippen LogP contribution is 2.30. The molecule has 56 valence electrons. The van der Waals surface area contributed by atoms with Crippen LogP contribution < -0.4 is 0 Å². The van der Waals surface area contributed by atoms with Crippen molar-refractivity contribution >= 4 is 21.0 Å². The molecular formula is C7H10OS2. The molecule has 1 aliphatic rings. The molecule has 0 bridgehead atoms. The van der Waals surface area contributed by atoms with Crippen molar-refractivity contribution in [2.45, 2.75) is 6.92 Å². The third kappa shape index (κ3) is 1.85. The lowest BCUT2D eigenvalue weighted by atomic mass is 9.99. The van der Waals surface area contributed by atoms with Crippen LogP contribution in [0.4, 0.5) is 0 Å². The maximum absolute atomic E-state index is 10.9. The van der Waals surface area contributed by atoms with Gasteiger partial charge in [0.2, 0.25) is 0 Å². The number of hydrogen-bond donors (Lipinski definition) is 0. The van der Waals surface area contributed by atoms with Crippen LogP contribution in [0.3, 0.4) is 0 Å². The Kier molecular flexibility index (Phi) is 2.96. The van der Waals surface area contributed by atoms with Crippen LogP contribution in [0.5, 0.6) is 0 Å². The zero-order chi connectivity index (χ0) is 7.56. The van der Waals surface area contributed by atoms with Gasteiger partial charge < -0.3 is 4.55 Å². The summed E-state index contributed by atoms with van der Waals surface area (Å²) < 4.78 is 10.9. The third-order valence-electron chi connectivity index (χ3n) is 1.68. The molecule has 0 aromatic rings. The topological polar surface area (TPSA) is 23.1 Å². The Hall–Kier alpha value is 0.220. The molecule has 1 fully saturated rings. The molecule has 0 saturated carbocycles. The zero-order valence-electron chi connectivity index (χ0n) is 5.87. The second-order valence-electron chi connectivity index (χ2n) is 2.51. The predicted octanol–water partition coefficient (Wildman–Crippen LogP) is 1.28. The molecule has 0 aromatic heterocycles. The minimum Gasteiger partial charge on any atom is -0.605 e. The normalized spacial score (nSPS) is 40.7. The highest BCUT2D eigenvalue weighted by Gasteiger charge is 2.28. The van der Waals surface area contributed by atoms with Crippen LogP contribution >= 0.6 is 10.8 Å². The van der Waals surface area contributed by atoms with E-state index in [1.807, 2.05) is 0 Å². The fourth-order valence-electron chi connectivity index (χ4n) is 0.905. The van der Waals surface area contributed by atoms with Crippen LogP contribution in [0.15, 0.2) is 0 Å². The van der Waals surface area contributed by atoms with Gasteiger partial charge in [0.25, 0.3) is 0 Å². The molecule has 1 nitrogen and oxygen atoms in total. The third-order valence-corrected chi connectivity index (χ3v) is 4.84. The minimum atomic E-state index is -0.671. The quantitative estimate of drug-likeness (QED) is 0.314. The Labute approximate surface area is 68.5 Å². The lowest BCUT2D eigenvalue weighted by Gasteiger charge is -2.24. The fraction of sp³-hybridized carbons (Fsp3) is 0.714. The van der Waals surface area contributed by atoms with E-state index < -0.39 is 10.2 Å². The van der Waals surface area contributed by atoms with E-state index in [9.17, 15) is 4.55 Å². The van der Waals surface area contributed by atoms with Gasteiger partial charge in [-0.3, -0.25) is 0 Å². The van der Waals surface area contributed by atoms with Crippen LogP contribution in [0.25, 0.3) is 0 Å². The van der Waals surface area contributed by atoms with Crippen molar-refractivity contribution in [3.63, 3.8) is 0 Å². The summed E-state index contributed by atoms with van der Waals surface area (Å²) in [5.41, 5.74) is 0. The molecule has 1 rings (SSSR count). The van der Waals surface area contributed by atoms with Crippen molar-refractivity contribution in [3.8, 4) is 12.3 Å². The average molecular weight is 174 g/mol. The number of terminal acetylenes is 1. The standard InChI is InChI=1S/C7H10OS2/c1-3-7-4-9-10(8)5-6(7)2/h1,6-7H,4-5H2,2H3. The first-order valence-corrected chi connectivity index (χ1v) is 6.04. The van der Waals surface area contributed by atoms with Crippen LogP contribution in [-0.2, 0) is 10.2 Å². The first-order chi connectivity index (χ1) is 4.74. The Balaban J connectivity index is 2.45. The smallest absolute Gasteiger partial charge is 0.121 e. The molecule has 3 unspecified atom stereocenters. The van der Waals surface area contributed by atoms with E-state index in [2.05, 4.69) is 12.8 Å². The van der Waals surface area contributed by atoms with Crippen molar-refractivity contribution in [1.29, 1.82) is 0 Å². The first kappa shape index (κ1) is 8.32. The molecule has 0 radical (unpaired) electrons. The van der Waals surface area contributed by atoms with E-state index in [0.29, 0.717) is 11.8 Å². The Morgan fingerprint density at radius 3 is 3.00 bits per heavy atom. The van der Waals surface area contributed by atoms with Gasteiger partial charge >= 0.3 is 0 Å². The fourth-order valence-corrected chi connectivity index (χ4v) is 4.21. The van der Waals surface area contributed by atoms with Crippen molar-refractivity contribution in [3.05, 3.63) is 0 Å². The van der Waals surface area contributed by atoms with Crippen LogP contribution in [0.1, 0.15) is 6.92 Å². The van der Waals surface area contributed by atoms with Crippen molar-refractivity contribution in [2.75, 3.05) is 11.5 Å². The lowest BCUT2D eigenvalue weighted by molar-refractivity contribution is 0.511. The SMILES string of the molecule is C#CC1CS[S+]([O-])CC1C. The van der Waals surface area contributed by atoms with E-state index in [1.165, 1.54) is 10.8 Å². The molecule has 1 heterocycles. The lowest BCUT2D eigenvalue weighted by Crippen LogP contribution is -2.26. The molecule has 0 amide bonds. The molecule has 1 saturated heterocycles. The summed E-state index contributed by atoms with van der Waals surface area (Å²) in [7, 11) is 0.813. The molecule has 3 heteroatoms. The molecule has 0 N–H and O–H groups in total. The maximum atomic E-state index is 10.9. The van der Waals surface area contributed by atoms with Crippen molar-refractivity contribution in [1.82, 2.24) is 0 Å². The molecule has 10 heavy (non-hydrogen) atoms. The Morgan fingerprint density at radius 1 is 1.80 bits per heavy atom. The number of rotatable bonds is 0. The highest BCUT2D eigenvalue weighted by atomic mass is 33.1. The summed E-state index contributed by atoms with van der Waals surface area (Å²) in [4.78, 5) is 0. The Bertz CT molecular complexity index is 152.